The molecule has 3 amide bonds. The van der Waals surface area contributed by atoms with Crippen molar-refractivity contribution in [3.8, 4) is 31.0 Å². The second-order valence-corrected chi connectivity index (χ2v) is 23.8. The summed E-state index contributed by atoms with van der Waals surface area (Å²) in [5.41, 5.74) is 3.23. The number of carbonyl (C=O) groups is 3. The zero-order valence-corrected chi connectivity index (χ0v) is 47.7. The first-order valence-electron chi connectivity index (χ1n) is 19.0. The Bertz CT molecular complexity index is 2720. The lowest BCUT2D eigenvalue weighted by Crippen LogP contribution is -2.30. The number of carbonyl (C=O) groups excluding carboxylic acids is 3. The highest BCUT2D eigenvalue weighted by molar-refractivity contribution is 7.89. The van der Waals surface area contributed by atoms with Crippen LogP contribution < -0.4 is 56.1 Å². The van der Waals surface area contributed by atoms with Crippen LogP contribution >= 0.6 is 14.7 Å². The lowest BCUT2D eigenvalue weighted by molar-refractivity contribution is -0.167. The van der Waals surface area contributed by atoms with Crippen molar-refractivity contribution in [2.24, 2.45) is 0 Å². The molecule has 0 aliphatic heterocycles. The van der Waals surface area contributed by atoms with E-state index in [0.29, 0.717) is 5.95 Å². The largest absolute Gasteiger partial charge is 0.471 e. The number of nitrogens with one attached hydrogen (secondary N) is 11. The molecule has 0 radical (unpaired) electrons. The summed E-state index contributed by atoms with van der Waals surface area (Å²) in [6, 6.07) is 8.49. The van der Waals surface area contributed by atoms with E-state index >= 15 is 0 Å². The molecule has 0 bridgehead atoms. The zero-order valence-electron chi connectivity index (χ0n) is 42.7. The molecule has 438 valence electrons. The molecule has 0 saturated carbocycles. The van der Waals surface area contributed by atoms with Gasteiger partial charge in [-0.15, -0.1) is 4.89 Å². The van der Waals surface area contributed by atoms with E-state index in [1.54, 1.807) is 46.9 Å². The number of sulfonamides is 2. The summed E-state index contributed by atoms with van der Waals surface area (Å²) in [6.07, 6.45) is 13.4. The van der Waals surface area contributed by atoms with Crippen LogP contribution in [0.4, 0.5) is 30.8 Å². The Morgan fingerprint density at radius 3 is 1.35 bits per heavy atom. The molecule has 0 spiro atoms. The lowest BCUT2D eigenvalue weighted by Gasteiger charge is -2.06. The van der Waals surface area contributed by atoms with Gasteiger partial charge in [0.05, 0.1) is 12.5 Å². The first-order valence-corrected chi connectivity index (χ1v) is 30.7. The number of alkyl halides is 3. The number of aromatic nitrogens is 4. The van der Waals surface area contributed by atoms with Gasteiger partial charge in [0.15, 0.2) is 38.3 Å². The molecule has 3 rings (SSSR count). The Morgan fingerprint density at radius 1 is 0.679 bits per heavy atom. The van der Waals surface area contributed by atoms with Crippen LogP contribution in [0, 0.1) is 71.1 Å². The number of aryl methyl sites for hydroxylation is 2. The fourth-order valence-electron chi connectivity index (χ4n) is 2.18. The van der Waals surface area contributed by atoms with Gasteiger partial charge >= 0.3 is 12.1 Å². The number of halogens is 3. The molecule has 35 nitrogen and oxygen atoms in total. The molecule has 3 aromatic rings. The third kappa shape index (κ3) is 79.8. The van der Waals surface area contributed by atoms with Crippen LogP contribution in [0.3, 0.4) is 0 Å². The number of anilines is 3. The third-order valence-electron chi connectivity index (χ3n) is 4.97. The Labute approximate surface area is 451 Å². The van der Waals surface area contributed by atoms with E-state index in [-0.39, 0.29) is 11.7 Å². The van der Waals surface area contributed by atoms with Gasteiger partial charge in [0, 0.05) is 71.1 Å². The molecule has 0 aliphatic rings. The third-order valence-corrected chi connectivity index (χ3v) is 7.93. The minimum Gasteiger partial charge on any atom is -0.310 e. The van der Waals surface area contributed by atoms with Gasteiger partial charge in [-0.1, -0.05) is 17.0 Å². The number of rotatable bonds is 10. The van der Waals surface area contributed by atoms with Crippen LogP contribution in [0.5, 0.6) is 0 Å². The average molecular weight is 1230 g/mol. The molecule has 0 fully saturated rings. The van der Waals surface area contributed by atoms with Crippen LogP contribution in [0.15, 0.2) is 55.1 Å². The Kier molecular flexibility index (Phi) is 53.0. The Hall–Kier alpha value is -7.59. The SMILES string of the molecule is CC(=O)NC#N.CC(=O)NO.CP(=O)(NC#N)NC#N.CP(C)(=O)NO.CS(=O)(=O)NC#N.CS(=O)(=O)NO.CS(=O)NC#N.CS(=O)NO.Cc1ccc(NC(=O)C(F)(F)F)nc1.Cc1cnc(Nc2ccccn2)nc1. The molecule has 2 atom stereocenters. The molecule has 3 aromatic heterocycles. The number of hydrogen-bond acceptors (Lipinski definition) is 25. The Balaban J connectivity index is -0.000000148. The predicted molar refractivity (Wildman–Crippen MR) is 274 cm³/mol. The first-order chi connectivity index (χ1) is 35.6. The smallest absolute Gasteiger partial charge is 0.310 e. The Morgan fingerprint density at radius 2 is 1.13 bits per heavy atom. The van der Waals surface area contributed by atoms with E-state index in [4.69, 9.17) is 47.1 Å². The van der Waals surface area contributed by atoms with Crippen LogP contribution in [-0.4, -0.2) is 135 Å². The first kappa shape index (κ1) is 84.4. The van der Waals surface area contributed by atoms with E-state index in [0.717, 1.165) is 34.3 Å². The van der Waals surface area contributed by atoms with Crippen LogP contribution in [0.2, 0.25) is 0 Å². The van der Waals surface area contributed by atoms with Crippen molar-refractivity contribution in [2.75, 3.05) is 55.7 Å². The molecule has 2 unspecified atom stereocenters. The summed E-state index contributed by atoms with van der Waals surface area (Å²) in [5, 5.41) is 81.5. The lowest BCUT2D eigenvalue weighted by atomic mass is 10.3. The van der Waals surface area contributed by atoms with Crippen molar-refractivity contribution in [2.45, 2.75) is 33.9 Å². The second-order valence-electron chi connectivity index (χ2n) is 12.9. The topological polar surface area (TPSA) is 572 Å². The number of nitriles is 5. The van der Waals surface area contributed by atoms with Gasteiger partial charge in [-0.2, -0.15) is 44.7 Å². The van der Waals surface area contributed by atoms with Gasteiger partial charge < -0.3 is 30.8 Å². The summed E-state index contributed by atoms with van der Waals surface area (Å²) < 4.78 is 118. The fraction of sp³-hybridized carbons (Fsp3) is 0.353. The maximum Gasteiger partial charge on any atom is 0.471 e. The van der Waals surface area contributed by atoms with Gasteiger partial charge in [-0.25, -0.2) is 60.1 Å². The van der Waals surface area contributed by atoms with E-state index in [9.17, 15) is 61.9 Å². The van der Waals surface area contributed by atoms with Crippen LogP contribution in [0.25, 0.3) is 0 Å². The summed E-state index contributed by atoms with van der Waals surface area (Å²) in [5.74, 6) is -1.58. The van der Waals surface area contributed by atoms with E-state index in [1.807, 2.05) is 45.3 Å². The van der Waals surface area contributed by atoms with E-state index < -0.39 is 74.7 Å². The number of hydroxylamine groups is 1. The molecular formula is C34H57F3N20O15P2S4. The van der Waals surface area contributed by atoms with Crippen molar-refractivity contribution in [1.29, 1.82) is 26.3 Å². The standard InChI is InChI=1S/C10H10N4.C8H7F3N2O.C3H5N4OP.C3H4N2O.C2H4N2O2S.C2H4N2OS.C2H8NO2P.C2H5NO2.CH5NO3S.CH5NO2S/c1-8-6-12-10(13-7-8)14-9-4-2-3-5-11-9;1-5-2-3-6(12-4-5)13-7(14)8(9,10)11;1-9(8,6-2-4)7-3-5;1-3(6)5-2-4;1-7(5,6)4-2-3;1-6(5)4-2-3;1-6(2,5)3-4;1-2(4)3-5;1-6(4,5)2-3;1-5(4)2-3/h2-7H,1H3,(H,11,12,13,14);2-4H,1H3,(H,12,13,14);1H3,(H2,6,7,8);1H3,(H,5,6);4H,1H3;4H,1H3;4H,1-2H3,(H,3,5);5H,1H3,(H,3,4);2-3H,1H3;2-3H,1H3. The molecule has 0 saturated heterocycles. The highest BCUT2D eigenvalue weighted by Gasteiger charge is 2.38. The minimum atomic E-state index is -4.88. The summed E-state index contributed by atoms with van der Waals surface area (Å²) in [6.45, 7) is 10.3. The maximum atomic E-state index is 11.8. The van der Waals surface area contributed by atoms with Gasteiger partial charge in [0.1, 0.15) is 33.6 Å². The number of pyridine rings is 2. The number of amides is 3. The van der Waals surface area contributed by atoms with Gasteiger partial charge in [0.2, 0.25) is 37.8 Å². The molecular weight excluding hydrogens is 1180 g/mol. The highest BCUT2D eigenvalue weighted by Crippen LogP contribution is 2.28. The maximum absolute atomic E-state index is 11.8. The van der Waals surface area contributed by atoms with Crippen LogP contribution in [-0.2, 0) is 65.5 Å². The van der Waals surface area contributed by atoms with Gasteiger partial charge in [0.25, 0.3) is 7.44 Å². The molecule has 0 aliphatic carbocycles. The van der Waals surface area contributed by atoms with Crippen molar-refractivity contribution in [1.82, 2.24) is 65.4 Å². The summed E-state index contributed by atoms with van der Waals surface area (Å²) >= 11 is 0. The van der Waals surface area contributed by atoms with E-state index in [1.165, 1.54) is 99.9 Å². The van der Waals surface area contributed by atoms with Gasteiger partial charge in [-0.3, -0.25) is 39.6 Å². The van der Waals surface area contributed by atoms with Crippen molar-refractivity contribution >= 4 is 92.1 Å². The molecule has 44 heteroatoms. The monoisotopic (exact) mass is 1230 g/mol. The molecule has 0 aromatic carbocycles. The quantitative estimate of drug-likeness (QED) is 0.0415. The normalized spacial score (nSPS) is 10.2. The molecule has 3 heterocycles. The number of nitrogens with zero attached hydrogens (tertiary/aromatic N) is 9. The van der Waals surface area contributed by atoms with Gasteiger partial charge in [-0.05, 0) is 43.2 Å². The van der Waals surface area contributed by atoms with Crippen molar-refractivity contribution < 1.29 is 82.8 Å². The summed E-state index contributed by atoms with van der Waals surface area (Å²) in [7, 11) is -14.3. The minimum absolute atomic E-state index is 0.113. The predicted octanol–water partition coefficient (Wildman–Crippen LogP) is -0.0660. The summed E-state index contributed by atoms with van der Waals surface area (Å²) in [4.78, 5) is 48.1. The fourth-order valence-corrected chi connectivity index (χ4v) is 2.91. The van der Waals surface area contributed by atoms with Crippen molar-refractivity contribution in [3.63, 3.8) is 0 Å². The zero-order chi connectivity index (χ0) is 62.8. The second kappa shape index (κ2) is 49.0. The van der Waals surface area contributed by atoms with Crippen LogP contribution in [0.1, 0.15) is 25.0 Å². The average Bonchev–Trinajstić information content (AvgIpc) is 3.31. The number of hydrogen-bond donors (Lipinski definition) is 15. The molecule has 78 heavy (non-hydrogen) atoms. The van der Waals surface area contributed by atoms with E-state index in [2.05, 4.69) is 25.3 Å². The highest BCUT2D eigenvalue weighted by atomic mass is 32.2. The molecule has 15 N–H and O–H groups in total. The van der Waals surface area contributed by atoms with Crippen molar-refractivity contribution in [3.05, 3.63) is 66.2 Å².